The monoisotopic (exact) mass is 485 g/mol. The van der Waals surface area contributed by atoms with Crippen LogP contribution in [0.5, 0.6) is 0 Å². The highest BCUT2D eigenvalue weighted by Crippen LogP contribution is 2.36. The van der Waals surface area contributed by atoms with Crippen LogP contribution < -0.4 is 0 Å². The number of aromatic nitrogens is 1. The van der Waals surface area contributed by atoms with Crippen LogP contribution in [-0.2, 0) is 4.79 Å². The first kappa shape index (κ1) is 21.7. The maximum Gasteiger partial charge on any atom is 0.441 e. The third kappa shape index (κ3) is 3.68. The molecule has 0 aliphatic carbocycles. The lowest BCUT2D eigenvalue weighted by Gasteiger charge is -2.20. The standard InChI is InChI=1S/C19H12Cl2F3N5OS/c1-8-6-10(9(2)28(8)13-5-3-4-12(20)14(13)21)7-11-15(25)29-18(26-16(11)30)31-17(27-29)19(22,23)24/h3-7,25H,1-2H3. The minimum Gasteiger partial charge on any atom is -0.316 e. The van der Waals surface area contributed by atoms with Crippen molar-refractivity contribution >= 4 is 63.0 Å². The molecular weight excluding hydrogens is 474 g/mol. The lowest BCUT2D eigenvalue weighted by molar-refractivity contribution is -0.114. The number of hydrogen-bond acceptors (Lipinski definition) is 4. The number of hydrazone groups is 1. The van der Waals surface area contributed by atoms with E-state index in [2.05, 4.69) is 10.1 Å². The Morgan fingerprint density at radius 2 is 1.94 bits per heavy atom. The number of rotatable bonds is 2. The number of carbonyl (C=O) groups is 1. The van der Waals surface area contributed by atoms with Gasteiger partial charge >= 0.3 is 6.18 Å². The smallest absolute Gasteiger partial charge is 0.316 e. The summed E-state index contributed by atoms with van der Waals surface area (Å²) >= 11 is 12.7. The fourth-order valence-corrected chi connectivity index (χ4v) is 4.37. The van der Waals surface area contributed by atoms with Crippen molar-refractivity contribution in [3.05, 3.63) is 56.8 Å². The first-order valence-corrected chi connectivity index (χ1v) is 10.3. The second-order valence-electron chi connectivity index (χ2n) is 6.66. The molecule has 0 atom stereocenters. The van der Waals surface area contributed by atoms with Gasteiger partial charge in [-0.25, -0.2) is 0 Å². The first-order chi connectivity index (χ1) is 14.5. The number of benzene rings is 1. The number of thioether (sulfide) groups is 1. The lowest BCUT2D eigenvalue weighted by atomic mass is 10.1. The molecule has 2 aromatic rings. The van der Waals surface area contributed by atoms with Gasteiger partial charge in [-0.2, -0.15) is 28.3 Å². The molecule has 0 unspecified atom stereocenters. The van der Waals surface area contributed by atoms with Gasteiger partial charge in [0, 0.05) is 11.4 Å². The number of hydrogen-bond donors (Lipinski definition) is 1. The van der Waals surface area contributed by atoms with E-state index in [-0.39, 0.29) is 22.5 Å². The molecular formula is C19H12Cl2F3N5OS. The number of nitrogens with one attached hydrogen (secondary N) is 1. The number of amidine groups is 2. The van der Waals surface area contributed by atoms with E-state index in [4.69, 9.17) is 28.6 Å². The zero-order valence-corrected chi connectivity index (χ0v) is 18.2. The van der Waals surface area contributed by atoms with Gasteiger partial charge in [-0.15, -0.1) is 0 Å². The molecule has 2 aliphatic heterocycles. The van der Waals surface area contributed by atoms with Crippen molar-refractivity contribution in [1.82, 2.24) is 9.58 Å². The highest BCUT2D eigenvalue weighted by molar-refractivity contribution is 8.27. The minimum atomic E-state index is -4.70. The molecule has 0 spiro atoms. The van der Waals surface area contributed by atoms with Gasteiger partial charge in [-0.3, -0.25) is 10.2 Å². The second kappa shape index (κ2) is 7.54. The number of amides is 1. The molecule has 3 heterocycles. The van der Waals surface area contributed by atoms with E-state index >= 15 is 0 Å². The average molecular weight is 486 g/mol. The van der Waals surface area contributed by atoms with Crippen molar-refractivity contribution in [1.29, 1.82) is 5.41 Å². The third-order valence-electron chi connectivity index (χ3n) is 4.64. The van der Waals surface area contributed by atoms with E-state index in [1.807, 2.05) is 11.5 Å². The summed E-state index contributed by atoms with van der Waals surface area (Å²) in [7, 11) is 0. The largest absolute Gasteiger partial charge is 0.441 e. The molecule has 0 saturated carbocycles. The summed E-state index contributed by atoms with van der Waals surface area (Å²) in [5, 5.41) is 11.6. The Kier molecular flexibility index (Phi) is 5.27. The number of alkyl halides is 3. The van der Waals surface area contributed by atoms with Gasteiger partial charge < -0.3 is 4.57 Å². The lowest BCUT2D eigenvalue weighted by Crippen LogP contribution is -2.35. The molecule has 2 aliphatic rings. The molecule has 1 aromatic heterocycles. The number of halogens is 5. The fourth-order valence-electron chi connectivity index (χ4n) is 3.23. The van der Waals surface area contributed by atoms with Gasteiger partial charge in [-0.1, -0.05) is 29.3 Å². The molecule has 0 radical (unpaired) electrons. The van der Waals surface area contributed by atoms with Crippen LogP contribution in [-0.4, -0.2) is 37.7 Å². The summed E-state index contributed by atoms with van der Waals surface area (Å²) in [6.07, 6.45) is -3.28. The third-order valence-corrected chi connectivity index (χ3v) is 6.40. The van der Waals surface area contributed by atoms with Crippen LogP contribution in [0.15, 0.2) is 39.9 Å². The highest BCUT2D eigenvalue weighted by atomic mass is 35.5. The molecule has 4 rings (SSSR count). The Balaban J connectivity index is 1.77. The van der Waals surface area contributed by atoms with Crippen LogP contribution in [0.3, 0.4) is 0 Å². The first-order valence-electron chi connectivity index (χ1n) is 8.69. The molecule has 0 fully saturated rings. The summed E-state index contributed by atoms with van der Waals surface area (Å²) in [5.41, 5.74) is 2.51. The topological polar surface area (TPSA) is 73.8 Å². The highest BCUT2D eigenvalue weighted by Gasteiger charge is 2.46. The van der Waals surface area contributed by atoms with Crippen molar-refractivity contribution in [2.45, 2.75) is 20.0 Å². The summed E-state index contributed by atoms with van der Waals surface area (Å²) in [4.78, 5) is 16.1. The maximum absolute atomic E-state index is 13.0. The Labute approximate surface area is 188 Å². The molecule has 160 valence electrons. The van der Waals surface area contributed by atoms with Crippen molar-refractivity contribution in [3.8, 4) is 5.69 Å². The molecule has 1 N–H and O–H groups in total. The molecule has 6 nitrogen and oxygen atoms in total. The van der Waals surface area contributed by atoms with Crippen LogP contribution in [0.2, 0.25) is 10.0 Å². The zero-order valence-electron chi connectivity index (χ0n) is 15.9. The summed E-state index contributed by atoms with van der Waals surface area (Å²) < 4.78 is 40.7. The molecule has 0 bridgehead atoms. The fraction of sp³-hybridized carbons (Fsp3) is 0.158. The zero-order chi connectivity index (χ0) is 22.7. The normalized spacial score (nSPS) is 17.9. The number of aryl methyl sites for hydroxylation is 1. The van der Waals surface area contributed by atoms with E-state index in [0.29, 0.717) is 32.0 Å². The van der Waals surface area contributed by atoms with Crippen LogP contribution in [0.4, 0.5) is 13.2 Å². The van der Waals surface area contributed by atoms with Gasteiger partial charge in [0.25, 0.3) is 5.91 Å². The maximum atomic E-state index is 13.0. The molecule has 31 heavy (non-hydrogen) atoms. The molecule has 1 amide bonds. The van der Waals surface area contributed by atoms with Crippen LogP contribution in [0, 0.1) is 19.3 Å². The van der Waals surface area contributed by atoms with E-state index in [0.717, 1.165) is 5.69 Å². The van der Waals surface area contributed by atoms with E-state index in [1.165, 1.54) is 6.08 Å². The predicted molar refractivity (Wildman–Crippen MR) is 116 cm³/mol. The second-order valence-corrected chi connectivity index (χ2v) is 8.40. The Bertz CT molecular complexity index is 1250. The van der Waals surface area contributed by atoms with Gasteiger partial charge in [0.05, 0.1) is 21.3 Å². The Morgan fingerprint density at radius 3 is 2.61 bits per heavy atom. The summed E-state index contributed by atoms with van der Waals surface area (Å²) in [6.45, 7) is 3.61. The minimum absolute atomic E-state index is 0.172. The molecule has 1 aromatic carbocycles. The quantitative estimate of drug-likeness (QED) is 0.564. The van der Waals surface area contributed by atoms with Crippen molar-refractivity contribution < 1.29 is 18.0 Å². The van der Waals surface area contributed by atoms with Crippen molar-refractivity contribution in [3.63, 3.8) is 0 Å². The molecule has 12 heteroatoms. The van der Waals surface area contributed by atoms with E-state index in [9.17, 15) is 18.0 Å². The predicted octanol–water partition coefficient (Wildman–Crippen LogP) is 5.58. The Hall–Kier alpha value is -2.56. The molecule has 0 saturated heterocycles. The summed E-state index contributed by atoms with van der Waals surface area (Å²) in [6, 6.07) is 6.96. The number of aliphatic imine (C=N–C) groups is 1. The van der Waals surface area contributed by atoms with Crippen molar-refractivity contribution in [2.24, 2.45) is 10.1 Å². The van der Waals surface area contributed by atoms with Crippen LogP contribution >= 0.6 is 35.0 Å². The number of carbonyl (C=O) groups excluding carboxylic acids is 1. The van der Waals surface area contributed by atoms with Gasteiger partial charge in [-0.05, 0) is 55.4 Å². The van der Waals surface area contributed by atoms with E-state index < -0.39 is 23.0 Å². The Morgan fingerprint density at radius 1 is 1.23 bits per heavy atom. The van der Waals surface area contributed by atoms with E-state index in [1.54, 1.807) is 31.2 Å². The number of nitrogens with zero attached hydrogens (tertiary/aromatic N) is 4. The van der Waals surface area contributed by atoms with Gasteiger partial charge in [0.2, 0.25) is 10.2 Å². The van der Waals surface area contributed by atoms with Crippen LogP contribution in [0.1, 0.15) is 17.0 Å². The van der Waals surface area contributed by atoms with Crippen molar-refractivity contribution in [2.75, 3.05) is 0 Å². The van der Waals surface area contributed by atoms with Crippen LogP contribution in [0.25, 0.3) is 11.8 Å². The number of fused-ring (bicyclic) bond motifs is 1. The van der Waals surface area contributed by atoms with Gasteiger partial charge in [0.15, 0.2) is 5.84 Å². The van der Waals surface area contributed by atoms with Gasteiger partial charge in [0.1, 0.15) is 0 Å². The average Bonchev–Trinajstić information content (AvgIpc) is 3.23. The SMILES string of the molecule is Cc1cc(C=C2C(=N)N3N=C(C(F)(F)F)SC3=NC2=O)c(C)n1-c1cccc(Cl)c1Cl. The summed E-state index contributed by atoms with van der Waals surface area (Å²) in [5.74, 6) is -1.29.